The van der Waals surface area contributed by atoms with Crippen LogP contribution in [0.25, 0.3) is 6.08 Å². The Labute approximate surface area is 144 Å². The van der Waals surface area contributed by atoms with Crippen LogP contribution in [0.5, 0.6) is 11.5 Å². The van der Waals surface area contributed by atoms with E-state index in [9.17, 15) is 4.79 Å². The lowest BCUT2D eigenvalue weighted by molar-refractivity contribution is -0.111. The number of carbonyl (C=O) groups excluding carboxylic acids is 1. The van der Waals surface area contributed by atoms with Crippen LogP contribution in [0.2, 0.25) is 10.0 Å². The van der Waals surface area contributed by atoms with Crippen molar-refractivity contribution in [3.63, 3.8) is 0 Å². The Balaban J connectivity index is 2.11. The molecule has 0 aliphatic carbocycles. The maximum atomic E-state index is 12.0. The summed E-state index contributed by atoms with van der Waals surface area (Å²) >= 11 is 11.8. The molecule has 0 aromatic heterocycles. The summed E-state index contributed by atoms with van der Waals surface area (Å²) in [6, 6.07) is 10.2. The number of halogens is 2. The number of hydrogen-bond acceptors (Lipinski definition) is 3. The number of methoxy groups -OCH3 is 2. The Hall–Kier alpha value is -2.17. The molecule has 1 amide bonds. The smallest absolute Gasteiger partial charge is 0.248 e. The molecule has 0 saturated carbocycles. The fourth-order valence-corrected chi connectivity index (χ4v) is 2.32. The molecule has 0 bridgehead atoms. The van der Waals surface area contributed by atoms with E-state index >= 15 is 0 Å². The van der Waals surface area contributed by atoms with Gasteiger partial charge < -0.3 is 14.8 Å². The zero-order chi connectivity index (χ0) is 16.8. The minimum absolute atomic E-state index is 0.309. The zero-order valence-electron chi connectivity index (χ0n) is 12.6. The summed E-state index contributed by atoms with van der Waals surface area (Å²) in [7, 11) is 3.13. The minimum atomic E-state index is -0.309. The summed E-state index contributed by atoms with van der Waals surface area (Å²) in [6.45, 7) is 0. The molecule has 23 heavy (non-hydrogen) atoms. The van der Waals surface area contributed by atoms with E-state index in [0.29, 0.717) is 27.2 Å². The Morgan fingerprint density at radius 1 is 1.04 bits per heavy atom. The number of anilines is 1. The number of amides is 1. The third kappa shape index (κ3) is 4.91. The highest BCUT2D eigenvalue weighted by molar-refractivity contribution is 6.36. The van der Waals surface area contributed by atoms with Gasteiger partial charge in [0.1, 0.15) is 11.5 Å². The zero-order valence-corrected chi connectivity index (χ0v) is 14.1. The molecule has 0 aliphatic rings. The van der Waals surface area contributed by atoms with Crippen LogP contribution in [-0.4, -0.2) is 20.1 Å². The normalized spacial score (nSPS) is 10.6. The molecule has 2 rings (SSSR count). The van der Waals surface area contributed by atoms with Gasteiger partial charge in [0.15, 0.2) is 0 Å². The molecule has 2 aromatic carbocycles. The quantitative estimate of drug-likeness (QED) is 0.796. The van der Waals surface area contributed by atoms with Crippen LogP contribution in [-0.2, 0) is 4.79 Å². The van der Waals surface area contributed by atoms with Crippen LogP contribution in [0, 0.1) is 0 Å². The number of carbonyl (C=O) groups is 1. The first kappa shape index (κ1) is 17.2. The number of hydrogen-bond donors (Lipinski definition) is 1. The Bertz CT molecular complexity index is 722. The number of benzene rings is 2. The Kier molecular flexibility index (Phi) is 5.90. The van der Waals surface area contributed by atoms with Crippen LogP contribution in [0.15, 0.2) is 42.5 Å². The predicted molar refractivity (Wildman–Crippen MR) is 93.7 cm³/mol. The van der Waals surface area contributed by atoms with Gasteiger partial charge >= 0.3 is 0 Å². The monoisotopic (exact) mass is 351 g/mol. The SMILES string of the molecule is COc1cc(/C=C/C(=O)Nc2ccc(Cl)cc2Cl)cc(OC)c1. The molecule has 0 saturated heterocycles. The Morgan fingerprint density at radius 2 is 1.70 bits per heavy atom. The number of rotatable bonds is 5. The van der Waals surface area contributed by atoms with Crippen molar-refractivity contribution in [2.45, 2.75) is 0 Å². The summed E-state index contributed by atoms with van der Waals surface area (Å²) in [4.78, 5) is 12.0. The summed E-state index contributed by atoms with van der Waals surface area (Å²) in [5.41, 5.74) is 1.27. The average molecular weight is 352 g/mol. The lowest BCUT2D eigenvalue weighted by Crippen LogP contribution is -2.08. The van der Waals surface area contributed by atoms with Gasteiger partial charge in [0.05, 0.1) is 24.9 Å². The van der Waals surface area contributed by atoms with Crippen LogP contribution >= 0.6 is 23.2 Å². The predicted octanol–water partition coefficient (Wildman–Crippen LogP) is 4.66. The van der Waals surface area contributed by atoms with E-state index in [4.69, 9.17) is 32.7 Å². The van der Waals surface area contributed by atoms with Gasteiger partial charge in [-0.2, -0.15) is 0 Å². The van der Waals surface area contributed by atoms with E-state index in [-0.39, 0.29) is 5.91 Å². The van der Waals surface area contributed by atoms with Gasteiger partial charge in [-0.25, -0.2) is 0 Å². The van der Waals surface area contributed by atoms with Gasteiger partial charge in [0, 0.05) is 17.2 Å². The molecule has 0 unspecified atom stereocenters. The van der Waals surface area contributed by atoms with Crippen molar-refractivity contribution in [1.29, 1.82) is 0 Å². The largest absolute Gasteiger partial charge is 0.497 e. The van der Waals surface area contributed by atoms with Crippen molar-refractivity contribution in [2.75, 3.05) is 19.5 Å². The van der Waals surface area contributed by atoms with Crippen molar-refractivity contribution in [1.82, 2.24) is 0 Å². The van der Waals surface area contributed by atoms with Crippen LogP contribution in [0.4, 0.5) is 5.69 Å². The lowest BCUT2D eigenvalue weighted by Gasteiger charge is -2.06. The molecular weight excluding hydrogens is 337 g/mol. The third-order valence-electron chi connectivity index (χ3n) is 2.99. The molecule has 6 heteroatoms. The second kappa shape index (κ2) is 7.90. The fourth-order valence-electron chi connectivity index (χ4n) is 1.86. The van der Waals surface area contributed by atoms with E-state index in [1.807, 2.05) is 0 Å². The molecule has 0 spiro atoms. The van der Waals surface area contributed by atoms with E-state index in [1.165, 1.54) is 6.08 Å². The molecule has 0 aliphatic heterocycles. The highest BCUT2D eigenvalue weighted by Gasteiger charge is 2.04. The van der Waals surface area contributed by atoms with Crippen molar-refractivity contribution in [3.05, 3.63) is 58.1 Å². The van der Waals surface area contributed by atoms with E-state index < -0.39 is 0 Å². The van der Waals surface area contributed by atoms with E-state index in [2.05, 4.69) is 5.32 Å². The molecule has 0 heterocycles. The summed E-state index contributed by atoms with van der Waals surface area (Å²) in [5, 5.41) is 3.57. The number of ether oxygens (including phenoxy) is 2. The standard InChI is InChI=1S/C17H15Cl2NO3/c1-22-13-7-11(8-14(10-13)23-2)3-6-17(21)20-16-5-4-12(18)9-15(16)19/h3-10H,1-2H3,(H,20,21)/b6-3+. The van der Waals surface area contributed by atoms with Gasteiger partial charge in [0.2, 0.25) is 5.91 Å². The molecule has 0 atom stereocenters. The topological polar surface area (TPSA) is 47.6 Å². The first-order valence-electron chi connectivity index (χ1n) is 6.69. The second-order valence-electron chi connectivity index (χ2n) is 4.59. The van der Waals surface area contributed by atoms with Crippen LogP contribution in [0.1, 0.15) is 5.56 Å². The van der Waals surface area contributed by atoms with Crippen molar-refractivity contribution >= 4 is 40.9 Å². The van der Waals surface area contributed by atoms with Crippen molar-refractivity contribution < 1.29 is 14.3 Å². The molecule has 120 valence electrons. The highest BCUT2D eigenvalue weighted by Crippen LogP contribution is 2.26. The van der Waals surface area contributed by atoms with Gasteiger partial charge in [-0.15, -0.1) is 0 Å². The molecule has 0 fully saturated rings. The molecule has 2 aromatic rings. The number of nitrogens with one attached hydrogen (secondary N) is 1. The summed E-state index contributed by atoms with van der Waals surface area (Å²) < 4.78 is 10.4. The Morgan fingerprint density at radius 3 is 2.26 bits per heavy atom. The van der Waals surface area contributed by atoms with Gasteiger partial charge in [0.25, 0.3) is 0 Å². The third-order valence-corrected chi connectivity index (χ3v) is 3.54. The van der Waals surface area contributed by atoms with Gasteiger partial charge in [-0.05, 0) is 42.0 Å². The first-order valence-corrected chi connectivity index (χ1v) is 7.44. The first-order chi connectivity index (χ1) is 11.0. The summed E-state index contributed by atoms with van der Waals surface area (Å²) in [5.74, 6) is 0.978. The minimum Gasteiger partial charge on any atom is -0.497 e. The fraction of sp³-hybridized carbons (Fsp3) is 0.118. The highest BCUT2D eigenvalue weighted by atomic mass is 35.5. The van der Waals surface area contributed by atoms with E-state index in [1.54, 1.807) is 56.7 Å². The molecule has 1 N–H and O–H groups in total. The van der Waals surface area contributed by atoms with E-state index in [0.717, 1.165) is 5.56 Å². The molecule has 4 nitrogen and oxygen atoms in total. The van der Waals surface area contributed by atoms with Gasteiger partial charge in [-0.1, -0.05) is 23.2 Å². The van der Waals surface area contributed by atoms with Crippen LogP contribution in [0.3, 0.4) is 0 Å². The van der Waals surface area contributed by atoms with Crippen molar-refractivity contribution in [3.8, 4) is 11.5 Å². The van der Waals surface area contributed by atoms with Crippen molar-refractivity contribution in [2.24, 2.45) is 0 Å². The van der Waals surface area contributed by atoms with Crippen LogP contribution < -0.4 is 14.8 Å². The maximum Gasteiger partial charge on any atom is 0.248 e. The average Bonchev–Trinajstić information content (AvgIpc) is 2.55. The second-order valence-corrected chi connectivity index (χ2v) is 5.44. The van der Waals surface area contributed by atoms with Gasteiger partial charge in [-0.3, -0.25) is 4.79 Å². The summed E-state index contributed by atoms with van der Waals surface area (Å²) in [6.07, 6.45) is 3.06. The molecule has 0 radical (unpaired) electrons. The lowest BCUT2D eigenvalue weighted by atomic mass is 10.2. The molecular formula is C17H15Cl2NO3. The maximum absolute atomic E-state index is 12.0.